The second-order valence-corrected chi connectivity index (χ2v) is 12.6. The molecule has 0 bridgehead atoms. The van der Waals surface area contributed by atoms with E-state index in [0.717, 1.165) is 62.5 Å². The van der Waals surface area contributed by atoms with Crippen LogP contribution in [0.5, 0.6) is 0 Å². The van der Waals surface area contributed by atoms with Gasteiger partial charge in [-0.05, 0) is 116 Å². The lowest BCUT2D eigenvalue weighted by Gasteiger charge is -2.30. The van der Waals surface area contributed by atoms with Crippen LogP contribution in [-0.4, -0.2) is 24.3 Å². The number of aliphatic hydroxyl groups is 1. The van der Waals surface area contributed by atoms with Gasteiger partial charge in [0.25, 0.3) is 0 Å². The fourth-order valence-corrected chi connectivity index (χ4v) is 6.58. The normalized spacial score (nSPS) is 17.3. The molecule has 0 radical (unpaired) electrons. The largest absolute Gasteiger partial charge is 0.462 e. The third-order valence-electron chi connectivity index (χ3n) is 9.18. The van der Waals surface area contributed by atoms with Crippen LogP contribution in [0.2, 0.25) is 0 Å². The van der Waals surface area contributed by atoms with Crippen LogP contribution >= 0.6 is 0 Å². The van der Waals surface area contributed by atoms with Crippen LogP contribution in [0.1, 0.15) is 105 Å². The van der Waals surface area contributed by atoms with E-state index in [0.29, 0.717) is 35.8 Å². The first-order valence-electron chi connectivity index (χ1n) is 16.4. The van der Waals surface area contributed by atoms with E-state index in [2.05, 4.69) is 50.8 Å². The van der Waals surface area contributed by atoms with E-state index in [1.165, 1.54) is 28.8 Å². The summed E-state index contributed by atoms with van der Waals surface area (Å²) >= 11 is 0. The van der Waals surface area contributed by atoms with Gasteiger partial charge in [0.2, 0.25) is 0 Å². The molecule has 1 aliphatic carbocycles. The van der Waals surface area contributed by atoms with Gasteiger partial charge in [-0.25, -0.2) is 13.6 Å². The molecule has 236 valence electrons. The van der Waals surface area contributed by atoms with Gasteiger partial charge in [-0.3, -0.25) is 0 Å². The molecule has 44 heavy (non-hydrogen) atoms. The first kappa shape index (κ1) is 33.6. The van der Waals surface area contributed by atoms with Gasteiger partial charge in [0.05, 0.1) is 12.2 Å². The molecule has 0 aromatic heterocycles. The molecule has 1 atom stereocenters. The van der Waals surface area contributed by atoms with Gasteiger partial charge in [0, 0.05) is 18.1 Å². The number of aliphatic hydroxyl groups excluding tert-OH is 1. The third kappa shape index (κ3) is 8.65. The van der Waals surface area contributed by atoms with Crippen molar-refractivity contribution < 1.29 is 23.4 Å². The van der Waals surface area contributed by atoms with Crippen LogP contribution in [0.15, 0.2) is 66.7 Å². The number of carbonyl (C=O) groups excluding carboxylic acids is 1. The summed E-state index contributed by atoms with van der Waals surface area (Å²) in [7, 11) is 0. The second-order valence-electron chi connectivity index (χ2n) is 12.6. The fourth-order valence-electron chi connectivity index (χ4n) is 6.58. The Morgan fingerprint density at radius 1 is 0.932 bits per heavy atom. The quantitative estimate of drug-likeness (QED) is 0.114. The predicted octanol–water partition coefficient (Wildman–Crippen LogP) is 9.64. The Bertz CT molecular complexity index is 1380. The molecule has 1 unspecified atom stereocenters. The lowest BCUT2D eigenvalue weighted by molar-refractivity contribution is -0.140. The van der Waals surface area contributed by atoms with Crippen molar-refractivity contribution in [3.63, 3.8) is 0 Å². The fraction of sp³-hybridized carbons (Fsp3) is 0.462. The van der Waals surface area contributed by atoms with Gasteiger partial charge in [-0.2, -0.15) is 0 Å². The van der Waals surface area contributed by atoms with Gasteiger partial charge in [0.15, 0.2) is 0 Å². The highest BCUT2D eigenvalue weighted by molar-refractivity contribution is 5.86. The van der Waals surface area contributed by atoms with Crippen LogP contribution in [0, 0.1) is 17.6 Å². The van der Waals surface area contributed by atoms with Gasteiger partial charge in [-0.15, -0.1) is 0 Å². The van der Waals surface area contributed by atoms with Crippen LogP contribution < -0.4 is 0 Å². The van der Waals surface area contributed by atoms with Crippen molar-refractivity contribution in [2.75, 3.05) is 13.2 Å². The summed E-state index contributed by atoms with van der Waals surface area (Å²) in [5.74, 6) is -0.596. The van der Waals surface area contributed by atoms with Crippen LogP contribution in [0.3, 0.4) is 0 Å². The van der Waals surface area contributed by atoms with Gasteiger partial charge >= 0.3 is 5.97 Å². The first-order chi connectivity index (χ1) is 21.2. The third-order valence-corrected chi connectivity index (χ3v) is 9.18. The van der Waals surface area contributed by atoms with Crippen molar-refractivity contribution in [3.8, 4) is 11.1 Å². The number of hydrogen-bond donors (Lipinski definition) is 1. The number of carbonyl (C=O) groups is 1. The minimum absolute atomic E-state index is 0.0503. The molecule has 1 aliphatic rings. The van der Waals surface area contributed by atoms with Crippen LogP contribution in [0.25, 0.3) is 11.1 Å². The Kier molecular flexibility index (Phi) is 12.3. The van der Waals surface area contributed by atoms with E-state index >= 15 is 8.78 Å². The zero-order valence-corrected chi connectivity index (χ0v) is 26.6. The van der Waals surface area contributed by atoms with Crippen LogP contribution in [0.4, 0.5) is 8.78 Å². The minimum Gasteiger partial charge on any atom is -0.462 e. The SMILES string of the molecule is C=C(C)C(=O)OCC(CO)Cc1ccc(C2CCC(c3ccc(-c4c(F)cc(CCCCC)cc4F)cc3CC)CC2)cc1. The minimum atomic E-state index is -0.476. The molecule has 0 saturated heterocycles. The summed E-state index contributed by atoms with van der Waals surface area (Å²) in [5.41, 5.74) is 6.71. The van der Waals surface area contributed by atoms with Crippen molar-refractivity contribution in [2.45, 2.75) is 96.8 Å². The summed E-state index contributed by atoms with van der Waals surface area (Å²) in [5, 5.41) is 9.75. The van der Waals surface area contributed by atoms with Gasteiger partial charge in [-0.1, -0.05) is 75.7 Å². The van der Waals surface area contributed by atoms with E-state index in [4.69, 9.17) is 4.74 Å². The highest BCUT2D eigenvalue weighted by Crippen LogP contribution is 2.42. The van der Waals surface area contributed by atoms with Crippen molar-refractivity contribution in [3.05, 3.63) is 106 Å². The number of aryl methyl sites for hydroxylation is 2. The van der Waals surface area contributed by atoms with Crippen LogP contribution in [-0.2, 0) is 28.8 Å². The molecule has 1 N–H and O–H groups in total. The van der Waals surface area contributed by atoms with E-state index in [-0.39, 0.29) is 24.7 Å². The molecule has 0 spiro atoms. The molecule has 4 rings (SSSR count). The number of esters is 1. The molecule has 0 heterocycles. The average molecular weight is 603 g/mol. The molecule has 3 aromatic rings. The maximum absolute atomic E-state index is 15.1. The first-order valence-corrected chi connectivity index (χ1v) is 16.4. The topological polar surface area (TPSA) is 46.5 Å². The molecule has 5 heteroatoms. The monoisotopic (exact) mass is 602 g/mol. The maximum atomic E-state index is 15.1. The maximum Gasteiger partial charge on any atom is 0.333 e. The summed E-state index contributed by atoms with van der Waals surface area (Å²) in [4.78, 5) is 11.7. The smallest absolute Gasteiger partial charge is 0.333 e. The predicted molar refractivity (Wildman–Crippen MR) is 175 cm³/mol. The molecule has 3 nitrogen and oxygen atoms in total. The lowest BCUT2D eigenvalue weighted by atomic mass is 9.74. The number of hydrogen-bond acceptors (Lipinski definition) is 3. The number of ether oxygens (including phenoxy) is 1. The molecule has 0 amide bonds. The van der Waals surface area contributed by atoms with Crippen molar-refractivity contribution in [2.24, 2.45) is 5.92 Å². The molecular weight excluding hydrogens is 554 g/mol. The Labute approximate surface area is 262 Å². The average Bonchev–Trinajstić information content (AvgIpc) is 3.03. The number of unbranched alkanes of at least 4 members (excludes halogenated alkanes) is 2. The van der Waals surface area contributed by atoms with E-state index in [1.807, 2.05) is 12.1 Å². The summed E-state index contributed by atoms with van der Waals surface area (Å²) in [6.07, 6.45) is 9.58. The molecular formula is C39H48F2O3. The molecule has 3 aromatic carbocycles. The van der Waals surface area contributed by atoms with E-state index < -0.39 is 17.6 Å². The van der Waals surface area contributed by atoms with E-state index in [9.17, 15) is 9.90 Å². The zero-order valence-electron chi connectivity index (χ0n) is 26.6. The highest BCUT2D eigenvalue weighted by Gasteiger charge is 2.26. The van der Waals surface area contributed by atoms with Gasteiger partial charge < -0.3 is 9.84 Å². The Hall–Kier alpha value is -3.31. The standard InChI is InChI=1S/C39H48F2O3/c1-5-7-8-9-28-21-36(40)38(37(41)22-28)34-18-19-35(30(6-2)23-34)33-16-14-32(15-17-33)31-12-10-27(11-13-31)20-29(24-42)25-44-39(43)26(3)4/h10-13,18-19,21-23,29,32-33,42H,3,5-9,14-17,20,24-25H2,1-2,4H3. The molecule has 1 fully saturated rings. The highest BCUT2D eigenvalue weighted by atomic mass is 19.1. The lowest BCUT2D eigenvalue weighted by Crippen LogP contribution is -2.19. The number of rotatable bonds is 14. The summed E-state index contributed by atoms with van der Waals surface area (Å²) in [6, 6.07) is 17.6. The Balaban J connectivity index is 1.37. The Morgan fingerprint density at radius 3 is 2.18 bits per heavy atom. The van der Waals surface area contributed by atoms with Crippen molar-refractivity contribution in [1.29, 1.82) is 0 Å². The molecule has 0 aliphatic heterocycles. The van der Waals surface area contributed by atoms with Gasteiger partial charge in [0.1, 0.15) is 11.6 Å². The van der Waals surface area contributed by atoms with E-state index in [1.54, 1.807) is 6.92 Å². The summed E-state index contributed by atoms with van der Waals surface area (Å²) < 4.78 is 35.5. The summed E-state index contributed by atoms with van der Waals surface area (Å²) in [6.45, 7) is 9.57. The zero-order chi connectivity index (χ0) is 31.6. The second kappa shape index (κ2) is 16.1. The number of halogens is 2. The van der Waals surface area contributed by atoms with Crippen molar-refractivity contribution >= 4 is 5.97 Å². The van der Waals surface area contributed by atoms with Crippen molar-refractivity contribution in [1.82, 2.24) is 0 Å². The molecule has 1 saturated carbocycles. The Morgan fingerprint density at radius 2 is 1.59 bits per heavy atom. The number of benzene rings is 3.